The molecule has 2 fully saturated rings. The number of aryl methyl sites for hydroxylation is 2. The van der Waals surface area contributed by atoms with Gasteiger partial charge in [0.1, 0.15) is 29.6 Å². The third kappa shape index (κ3) is 7.16. The van der Waals surface area contributed by atoms with E-state index < -0.39 is 6.09 Å². The van der Waals surface area contributed by atoms with Gasteiger partial charge in [-0.05, 0) is 64.4 Å². The predicted molar refractivity (Wildman–Crippen MR) is 164 cm³/mol. The van der Waals surface area contributed by atoms with Gasteiger partial charge in [-0.15, -0.1) is 0 Å². The van der Waals surface area contributed by atoms with Crippen LogP contribution in [0.3, 0.4) is 0 Å². The number of nitrogens with one attached hydrogen (secondary N) is 1. The lowest BCUT2D eigenvalue weighted by atomic mass is 9.97. The monoisotopic (exact) mass is 620 g/mol. The Bertz CT molecular complexity index is 1380. The molecular weight excluding hydrogens is 582 g/mol. The average Bonchev–Trinajstić information content (AvgIpc) is 3.30. The Morgan fingerprint density at radius 1 is 1.19 bits per heavy atom. The Balaban J connectivity index is 0.00000423. The number of nitrogens with zero attached hydrogens (tertiary/aromatic N) is 5. The normalized spacial score (nSPS) is 18.8. The van der Waals surface area contributed by atoms with Gasteiger partial charge >= 0.3 is 6.09 Å². The highest BCUT2D eigenvalue weighted by Crippen LogP contribution is 2.30. The lowest BCUT2D eigenvalue weighted by Crippen LogP contribution is -2.58. The summed E-state index contributed by atoms with van der Waals surface area (Å²) < 4.78 is 24.7. The number of rotatable bonds is 8. The van der Waals surface area contributed by atoms with Crippen molar-refractivity contribution in [1.29, 1.82) is 0 Å². The van der Waals surface area contributed by atoms with Gasteiger partial charge in [-0.3, -0.25) is 15.1 Å². The van der Waals surface area contributed by atoms with Crippen LogP contribution >= 0.6 is 23.2 Å². The summed E-state index contributed by atoms with van der Waals surface area (Å²) in [5.74, 6) is 1.03. The molecule has 1 N–H and O–H groups in total. The number of hydrogen-bond donors (Lipinski definition) is 1. The van der Waals surface area contributed by atoms with Crippen molar-refractivity contribution >= 4 is 40.8 Å². The molecule has 2 aliphatic rings. The van der Waals surface area contributed by atoms with Crippen molar-refractivity contribution in [3.63, 3.8) is 0 Å². The SMILES string of the molecule is CC[C@H]1CN(c2ncc(COC(=O)Nc3c(C)noc3C)cc2Cl)CCN1C1CCN(Cc2ccc(Cl)cc2F)CC1.[HH]. The first kappa shape index (κ1) is 30.5. The molecule has 12 heteroatoms. The van der Waals surface area contributed by atoms with Gasteiger partial charge in [0.05, 0.1) is 5.02 Å². The molecule has 228 valence electrons. The number of halogens is 3. The topological polar surface area (TPSA) is 87.0 Å². The highest BCUT2D eigenvalue weighted by atomic mass is 35.5. The third-order valence-electron chi connectivity index (χ3n) is 8.24. The highest BCUT2D eigenvalue weighted by molar-refractivity contribution is 6.33. The van der Waals surface area contributed by atoms with Crippen LogP contribution in [0.25, 0.3) is 0 Å². The first-order chi connectivity index (χ1) is 20.2. The molecule has 4 heterocycles. The van der Waals surface area contributed by atoms with Gasteiger partial charge < -0.3 is 14.2 Å². The zero-order valence-electron chi connectivity index (χ0n) is 24.2. The van der Waals surface area contributed by atoms with E-state index in [1.807, 2.05) is 0 Å². The molecule has 42 heavy (non-hydrogen) atoms. The number of carbonyl (C=O) groups excluding carboxylic acids is 1. The molecule has 1 aromatic carbocycles. The van der Waals surface area contributed by atoms with Crippen molar-refractivity contribution in [1.82, 2.24) is 19.9 Å². The molecule has 0 bridgehead atoms. The van der Waals surface area contributed by atoms with Crippen molar-refractivity contribution in [2.24, 2.45) is 0 Å². The standard InChI is InChI=1S/C30H37Cl2FN6O3.H2/c1-4-24-17-38(11-12-39(24)25-7-9-37(10-8-25)16-22-5-6-23(31)14-27(22)33)29-26(32)13-21(15-34-29)18-41-30(40)35-28-19(2)36-42-20(28)3;/h5-6,13-15,24-25H,4,7-12,16-18H2,1-3H3,(H,35,40);1H/t24-;/m0./s1. The van der Waals surface area contributed by atoms with E-state index >= 15 is 0 Å². The molecule has 0 aliphatic carbocycles. The molecule has 0 radical (unpaired) electrons. The maximum Gasteiger partial charge on any atom is 0.412 e. The highest BCUT2D eigenvalue weighted by Gasteiger charge is 2.34. The van der Waals surface area contributed by atoms with Crippen molar-refractivity contribution < 1.29 is 19.9 Å². The summed E-state index contributed by atoms with van der Waals surface area (Å²) in [5, 5.41) is 7.44. The van der Waals surface area contributed by atoms with Crippen molar-refractivity contribution in [2.75, 3.05) is 42.9 Å². The van der Waals surface area contributed by atoms with Crippen LogP contribution in [0.2, 0.25) is 10.0 Å². The van der Waals surface area contributed by atoms with Crippen LogP contribution in [-0.4, -0.2) is 70.8 Å². The number of hydrogen-bond acceptors (Lipinski definition) is 8. The van der Waals surface area contributed by atoms with E-state index in [9.17, 15) is 9.18 Å². The summed E-state index contributed by atoms with van der Waals surface area (Å²) in [6, 6.07) is 7.62. The second-order valence-electron chi connectivity index (χ2n) is 11.0. The van der Waals surface area contributed by atoms with Crippen LogP contribution in [0, 0.1) is 19.7 Å². The van der Waals surface area contributed by atoms with E-state index in [-0.39, 0.29) is 13.9 Å². The van der Waals surface area contributed by atoms with Gasteiger partial charge in [-0.2, -0.15) is 0 Å². The number of aromatic nitrogens is 2. The molecule has 2 saturated heterocycles. The van der Waals surface area contributed by atoms with E-state index in [2.05, 4.69) is 37.1 Å². The summed E-state index contributed by atoms with van der Waals surface area (Å²) in [6.07, 6.45) is 4.24. The molecule has 9 nitrogen and oxygen atoms in total. The molecule has 5 rings (SSSR count). The minimum absolute atomic E-state index is 0. The molecule has 2 aliphatic heterocycles. The van der Waals surface area contributed by atoms with E-state index in [1.165, 1.54) is 6.07 Å². The number of likely N-dealkylation sites (tertiary alicyclic amines) is 1. The Hall–Kier alpha value is -2.92. The third-order valence-corrected chi connectivity index (χ3v) is 8.76. The first-order valence-corrected chi connectivity index (χ1v) is 15.2. The number of piperidine rings is 1. The van der Waals surface area contributed by atoms with Crippen LogP contribution in [0.15, 0.2) is 35.0 Å². The van der Waals surface area contributed by atoms with Crippen molar-refractivity contribution in [2.45, 2.75) is 65.3 Å². The number of piperazine rings is 1. The second-order valence-corrected chi connectivity index (χ2v) is 11.9. The molecule has 1 atom stereocenters. The summed E-state index contributed by atoms with van der Waals surface area (Å²) in [5.41, 5.74) is 2.49. The van der Waals surface area contributed by atoms with Gasteiger partial charge in [-0.1, -0.05) is 41.3 Å². The number of benzene rings is 1. The lowest BCUT2D eigenvalue weighted by molar-refractivity contribution is 0.0607. The Kier molecular flexibility index (Phi) is 9.88. The molecule has 0 saturated carbocycles. The number of anilines is 2. The number of ether oxygens (including phenoxy) is 1. The van der Waals surface area contributed by atoms with Crippen LogP contribution in [0.5, 0.6) is 0 Å². The fourth-order valence-electron chi connectivity index (χ4n) is 5.94. The molecule has 2 aromatic heterocycles. The summed E-state index contributed by atoms with van der Waals surface area (Å²) >= 11 is 12.6. The molecule has 0 spiro atoms. The quantitative estimate of drug-likeness (QED) is 0.298. The maximum atomic E-state index is 14.3. The van der Waals surface area contributed by atoms with Crippen LogP contribution in [0.4, 0.5) is 20.7 Å². The first-order valence-electron chi connectivity index (χ1n) is 14.4. The zero-order chi connectivity index (χ0) is 29.8. The van der Waals surface area contributed by atoms with Gasteiger partial charge in [-0.25, -0.2) is 14.2 Å². The van der Waals surface area contributed by atoms with Gasteiger partial charge in [0, 0.05) is 62.0 Å². The molecule has 1 amide bonds. The largest absolute Gasteiger partial charge is 0.444 e. The maximum absolute atomic E-state index is 14.3. The number of amides is 1. The van der Waals surface area contributed by atoms with Crippen LogP contribution in [-0.2, 0) is 17.9 Å². The fourth-order valence-corrected chi connectivity index (χ4v) is 6.40. The van der Waals surface area contributed by atoms with E-state index in [1.54, 1.807) is 38.2 Å². The molecular formula is C30H39Cl2FN6O3. The summed E-state index contributed by atoms with van der Waals surface area (Å²) in [7, 11) is 0. The van der Waals surface area contributed by atoms with E-state index in [0.717, 1.165) is 57.8 Å². The van der Waals surface area contributed by atoms with Crippen molar-refractivity contribution in [3.8, 4) is 0 Å². The van der Waals surface area contributed by atoms with E-state index in [0.29, 0.717) is 56.9 Å². The van der Waals surface area contributed by atoms with E-state index in [4.69, 9.17) is 32.5 Å². The predicted octanol–water partition coefficient (Wildman–Crippen LogP) is 6.69. The van der Waals surface area contributed by atoms with Crippen LogP contribution in [0.1, 0.15) is 50.2 Å². The van der Waals surface area contributed by atoms with Crippen molar-refractivity contribution in [3.05, 3.63) is 68.9 Å². The fraction of sp³-hybridized carbons (Fsp3) is 0.500. The van der Waals surface area contributed by atoms with Crippen LogP contribution < -0.4 is 10.2 Å². The lowest BCUT2D eigenvalue weighted by Gasteiger charge is -2.47. The number of carbonyl (C=O) groups is 1. The van der Waals surface area contributed by atoms with Gasteiger partial charge in [0.2, 0.25) is 0 Å². The molecule has 3 aromatic rings. The number of pyridine rings is 1. The average molecular weight is 622 g/mol. The smallest absolute Gasteiger partial charge is 0.412 e. The zero-order valence-corrected chi connectivity index (χ0v) is 25.7. The second kappa shape index (κ2) is 13.6. The minimum atomic E-state index is -0.602. The molecule has 0 unspecified atom stereocenters. The Morgan fingerprint density at radius 2 is 1.98 bits per heavy atom. The summed E-state index contributed by atoms with van der Waals surface area (Å²) in [6.45, 7) is 10.8. The van der Waals surface area contributed by atoms with Gasteiger partial charge in [0.15, 0.2) is 5.76 Å². The Labute approximate surface area is 257 Å². The Morgan fingerprint density at radius 3 is 2.64 bits per heavy atom. The van der Waals surface area contributed by atoms with Gasteiger partial charge in [0.25, 0.3) is 0 Å². The summed E-state index contributed by atoms with van der Waals surface area (Å²) in [4.78, 5) is 24.1. The minimum Gasteiger partial charge on any atom is -0.444 e.